The molecule has 2 heterocycles. The summed E-state index contributed by atoms with van der Waals surface area (Å²) in [5, 5.41) is 0. The predicted molar refractivity (Wildman–Crippen MR) is 77.3 cm³/mol. The Morgan fingerprint density at radius 1 is 1.20 bits per heavy atom. The first-order valence-electron chi connectivity index (χ1n) is 7.12. The van der Waals surface area contributed by atoms with Crippen molar-refractivity contribution in [1.29, 1.82) is 0 Å². The van der Waals surface area contributed by atoms with E-state index in [9.17, 15) is 13.2 Å². The largest absolute Gasteiger partial charge is 0.312 e. The predicted octanol–water partition coefficient (Wildman–Crippen LogP) is 0.618. The van der Waals surface area contributed by atoms with Gasteiger partial charge in [0.25, 0.3) is 5.56 Å². The molecule has 0 bridgehead atoms. The molecule has 6 heteroatoms. The summed E-state index contributed by atoms with van der Waals surface area (Å²) in [6.45, 7) is 1.77. The van der Waals surface area contributed by atoms with Gasteiger partial charge in [0.1, 0.15) is 0 Å². The molecule has 3 rings (SSSR count). The highest BCUT2D eigenvalue weighted by Gasteiger charge is 2.26. The first-order chi connectivity index (χ1) is 9.45. The average Bonchev–Trinajstić information content (AvgIpc) is 3.17. The molecular weight excluding hydrogens is 276 g/mol. The van der Waals surface area contributed by atoms with Crippen LogP contribution in [0.2, 0.25) is 0 Å². The lowest BCUT2D eigenvalue weighted by Gasteiger charge is -2.16. The van der Waals surface area contributed by atoms with E-state index in [-0.39, 0.29) is 5.56 Å². The molecule has 0 N–H and O–H groups in total. The van der Waals surface area contributed by atoms with E-state index >= 15 is 0 Å². The van der Waals surface area contributed by atoms with E-state index in [1.807, 2.05) is 10.6 Å². The molecule has 0 amide bonds. The lowest BCUT2D eigenvalue weighted by Crippen LogP contribution is -2.32. The lowest BCUT2D eigenvalue weighted by atomic mass is 10.1. The zero-order chi connectivity index (χ0) is 14.3. The van der Waals surface area contributed by atoms with Crippen molar-refractivity contribution < 1.29 is 8.42 Å². The van der Waals surface area contributed by atoms with Gasteiger partial charge in [-0.1, -0.05) is 6.07 Å². The van der Waals surface area contributed by atoms with Crippen LogP contribution in [0.3, 0.4) is 0 Å². The SMILES string of the molecule is CS(=O)(=O)N1CCc2ccc(=O)n(CC3CC3)c2CC1. The van der Waals surface area contributed by atoms with Gasteiger partial charge in [-0.05, 0) is 30.7 Å². The molecule has 110 valence electrons. The second kappa shape index (κ2) is 5.00. The van der Waals surface area contributed by atoms with Gasteiger partial charge in [-0.25, -0.2) is 12.7 Å². The van der Waals surface area contributed by atoms with Crippen molar-refractivity contribution in [3.63, 3.8) is 0 Å². The number of hydrogen-bond donors (Lipinski definition) is 0. The quantitative estimate of drug-likeness (QED) is 0.821. The van der Waals surface area contributed by atoms with E-state index in [4.69, 9.17) is 0 Å². The monoisotopic (exact) mass is 296 g/mol. The molecule has 0 unspecified atom stereocenters. The van der Waals surface area contributed by atoms with Gasteiger partial charge in [0.05, 0.1) is 6.26 Å². The molecule has 0 aromatic carbocycles. The van der Waals surface area contributed by atoms with Crippen molar-refractivity contribution in [3.8, 4) is 0 Å². The van der Waals surface area contributed by atoms with Crippen LogP contribution in [0.5, 0.6) is 0 Å². The van der Waals surface area contributed by atoms with E-state index < -0.39 is 10.0 Å². The minimum absolute atomic E-state index is 0.0449. The maximum Gasteiger partial charge on any atom is 0.250 e. The lowest BCUT2D eigenvalue weighted by molar-refractivity contribution is 0.428. The third-order valence-electron chi connectivity index (χ3n) is 4.22. The molecule has 0 saturated heterocycles. The Morgan fingerprint density at radius 2 is 1.90 bits per heavy atom. The van der Waals surface area contributed by atoms with E-state index in [1.54, 1.807) is 6.07 Å². The summed E-state index contributed by atoms with van der Waals surface area (Å²) in [6, 6.07) is 3.49. The Balaban J connectivity index is 1.93. The number of aromatic nitrogens is 1. The Morgan fingerprint density at radius 3 is 2.55 bits per heavy atom. The minimum Gasteiger partial charge on any atom is -0.312 e. The van der Waals surface area contributed by atoms with Crippen molar-refractivity contribution in [2.24, 2.45) is 5.92 Å². The summed E-state index contributed by atoms with van der Waals surface area (Å²) in [7, 11) is -3.15. The smallest absolute Gasteiger partial charge is 0.250 e. The van der Waals surface area contributed by atoms with Gasteiger partial charge < -0.3 is 4.57 Å². The normalized spacial score (nSPS) is 20.4. The van der Waals surface area contributed by atoms with Crippen LogP contribution in [0.4, 0.5) is 0 Å². The minimum atomic E-state index is -3.15. The Bertz CT molecular complexity index is 674. The van der Waals surface area contributed by atoms with Crippen molar-refractivity contribution in [2.45, 2.75) is 32.2 Å². The van der Waals surface area contributed by atoms with Gasteiger partial charge >= 0.3 is 0 Å². The van der Waals surface area contributed by atoms with Crippen LogP contribution in [-0.4, -0.2) is 36.6 Å². The fourth-order valence-corrected chi connectivity index (χ4v) is 3.71. The maximum atomic E-state index is 12.1. The van der Waals surface area contributed by atoms with Crippen LogP contribution in [0.1, 0.15) is 24.1 Å². The van der Waals surface area contributed by atoms with Gasteiger partial charge in [0, 0.05) is 37.8 Å². The number of rotatable bonds is 3. The van der Waals surface area contributed by atoms with E-state index in [0.717, 1.165) is 17.8 Å². The summed E-state index contributed by atoms with van der Waals surface area (Å²) in [5.41, 5.74) is 2.20. The average molecular weight is 296 g/mol. The molecule has 1 saturated carbocycles. The molecule has 20 heavy (non-hydrogen) atoms. The molecule has 0 spiro atoms. The topological polar surface area (TPSA) is 59.4 Å². The summed E-state index contributed by atoms with van der Waals surface area (Å²) in [6.07, 6.45) is 4.97. The molecule has 1 aliphatic carbocycles. The second-order valence-corrected chi connectivity index (χ2v) is 7.84. The highest BCUT2D eigenvalue weighted by molar-refractivity contribution is 7.88. The number of sulfonamides is 1. The molecule has 0 radical (unpaired) electrons. The highest BCUT2D eigenvalue weighted by atomic mass is 32.2. The zero-order valence-electron chi connectivity index (χ0n) is 11.7. The van der Waals surface area contributed by atoms with Crippen LogP contribution >= 0.6 is 0 Å². The van der Waals surface area contributed by atoms with Crippen molar-refractivity contribution in [1.82, 2.24) is 8.87 Å². The van der Waals surface area contributed by atoms with Gasteiger partial charge in [-0.3, -0.25) is 4.79 Å². The summed E-state index contributed by atoms with van der Waals surface area (Å²) < 4.78 is 26.8. The number of pyridine rings is 1. The third kappa shape index (κ3) is 2.81. The Labute approximate surface area is 119 Å². The molecule has 1 aromatic heterocycles. The molecule has 1 aromatic rings. The maximum absolute atomic E-state index is 12.1. The van der Waals surface area contributed by atoms with Crippen LogP contribution < -0.4 is 5.56 Å². The molecule has 5 nitrogen and oxygen atoms in total. The number of fused-ring (bicyclic) bond motifs is 1. The Kier molecular flexibility index (Phi) is 3.46. The first-order valence-corrected chi connectivity index (χ1v) is 8.97. The zero-order valence-corrected chi connectivity index (χ0v) is 12.5. The molecule has 1 aliphatic heterocycles. The molecule has 2 aliphatic rings. The first kappa shape index (κ1) is 13.8. The fraction of sp³-hybridized carbons (Fsp3) is 0.643. The van der Waals surface area contributed by atoms with Crippen molar-refractivity contribution >= 4 is 10.0 Å². The molecule has 0 atom stereocenters. The van der Waals surface area contributed by atoms with Gasteiger partial charge in [0.15, 0.2) is 0 Å². The van der Waals surface area contributed by atoms with Crippen LogP contribution in [0.15, 0.2) is 16.9 Å². The molecule has 1 fully saturated rings. The van der Waals surface area contributed by atoms with Crippen LogP contribution in [0, 0.1) is 5.92 Å². The third-order valence-corrected chi connectivity index (χ3v) is 5.53. The van der Waals surface area contributed by atoms with Gasteiger partial charge in [-0.2, -0.15) is 0 Å². The van der Waals surface area contributed by atoms with E-state index in [2.05, 4.69) is 0 Å². The van der Waals surface area contributed by atoms with Gasteiger partial charge in [-0.15, -0.1) is 0 Å². The Hall–Kier alpha value is -1.14. The van der Waals surface area contributed by atoms with E-state index in [0.29, 0.717) is 31.8 Å². The van der Waals surface area contributed by atoms with Crippen molar-refractivity contribution in [2.75, 3.05) is 19.3 Å². The van der Waals surface area contributed by atoms with E-state index in [1.165, 1.54) is 23.4 Å². The van der Waals surface area contributed by atoms with Crippen molar-refractivity contribution in [3.05, 3.63) is 33.7 Å². The van der Waals surface area contributed by atoms with Gasteiger partial charge in [0.2, 0.25) is 10.0 Å². The summed E-state index contributed by atoms with van der Waals surface area (Å²) >= 11 is 0. The number of nitrogens with zero attached hydrogens (tertiary/aromatic N) is 2. The fourth-order valence-electron chi connectivity index (χ4n) is 2.87. The summed E-state index contributed by atoms with van der Waals surface area (Å²) in [5.74, 6) is 0.633. The van der Waals surface area contributed by atoms with Crippen LogP contribution in [-0.2, 0) is 29.4 Å². The van der Waals surface area contributed by atoms with Crippen LogP contribution in [0.25, 0.3) is 0 Å². The standard InChI is InChI=1S/C14H20N2O3S/c1-20(18,19)15-8-6-12-4-5-14(17)16(10-11-2-3-11)13(12)7-9-15/h4-5,11H,2-3,6-10H2,1H3. The second-order valence-electron chi connectivity index (χ2n) is 5.86. The number of hydrogen-bond acceptors (Lipinski definition) is 3. The highest BCUT2D eigenvalue weighted by Crippen LogP contribution is 2.31. The summed E-state index contributed by atoms with van der Waals surface area (Å²) in [4.78, 5) is 12.1. The molecular formula is C14H20N2O3S.